The highest BCUT2D eigenvalue weighted by atomic mass is 35.5. The van der Waals surface area contributed by atoms with Crippen LogP contribution in [-0.4, -0.2) is 29.4 Å². The van der Waals surface area contributed by atoms with Crippen LogP contribution in [0, 0.1) is 5.92 Å². The second kappa shape index (κ2) is 8.36. The van der Waals surface area contributed by atoms with Crippen LogP contribution in [0.1, 0.15) is 44.6 Å². The number of nitrogens with zero attached hydrogens (tertiary/aromatic N) is 1. The summed E-state index contributed by atoms with van der Waals surface area (Å²) in [7, 11) is 0. The summed E-state index contributed by atoms with van der Waals surface area (Å²) in [5.41, 5.74) is 1.10. The van der Waals surface area contributed by atoms with E-state index in [9.17, 15) is 4.79 Å². The van der Waals surface area contributed by atoms with Gasteiger partial charge in [0.2, 0.25) is 5.91 Å². The van der Waals surface area contributed by atoms with Gasteiger partial charge in [-0.15, -0.1) is 12.4 Å². The lowest BCUT2D eigenvalue weighted by Crippen LogP contribution is -2.40. The van der Waals surface area contributed by atoms with Gasteiger partial charge in [-0.25, -0.2) is 0 Å². The quantitative estimate of drug-likeness (QED) is 0.863. The molecule has 2 atom stereocenters. The van der Waals surface area contributed by atoms with E-state index in [1.165, 1.54) is 12.8 Å². The third-order valence-corrected chi connectivity index (χ3v) is 5.27. The van der Waals surface area contributed by atoms with Crippen molar-refractivity contribution in [1.29, 1.82) is 0 Å². The molecule has 2 aliphatic heterocycles. The Morgan fingerprint density at radius 3 is 2.61 bits per heavy atom. The first-order valence-corrected chi connectivity index (χ1v) is 8.80. The molecule has 5 heteroatoms. The van der Waals surface area contributed by atoms with Crippen LogP contribution in [0.3, 0.4) is 0 Å². The van der Waals surface area contributed by atoms with Crippen molar-refractivity contribution < 1.29 is 4.79 Å². The van der Waals surface area contributed by atoms with Crippen molar-refractivity contribution in [3.63, 3.8) is 0 Å². The van der Waals surface area contributed by atoms with Crippen molar-refractivity contribution in [2.45, 2.75) is 57.7 Å². The molecule has 3 nitrogen and oxygen atoms in total. The maximum atomic E-state index is 12.6. The van der Waals surface area contributed by atoms with E-state index in [0.717, 1.165) is 30.0 Å². The zero-order chi connectivity index (χ0) is 15.5. The van der Waals surface area contributed by atoms with E-state index in [4.69, 9.17) is 11.6 Å². The average molecular weight is 357 g/mol. The largest absolute Gasteiger partial charge is 0.339 e. The number of fused-ring (bicyclic) bond motifs is 2. The molecule has 0 aromatic heterocycles. The maximum absolute atomic E-state index is 12.6. The molecule has 0 saturated carbocycles. The Labute approximate surface area is 150 Å². The molecule has 2 unspecified atom stereocenters. The van der Waals surface area contributed by atoms with Crippen LogP contribution in [0.2, 0.25) is 5.02 Å². The number of carbonyl (C=O) groups excluding carboxylic acids is 1. The summed E-state index contributed by atoms with van der Waals surface area (Å²) in [6.07, 6.45) is 5.60. The Kier molecular flexibility index (Phi) is 6.75. The van der Waals surface area contributed by atoms with E-state index in [0.29, 0.717) is 31.0 Å². The predicted octanol–water partition coefficient (Wildman–Crippen LogP) is 4.03. The van der Waals surface area contributed by atoms with E-state index < -0.39 is 0 Å². The number of amides is 1. The van der Waals surface area contributed by atoms with E-state index in [-0.39, 0.29) is 18.3 Å². The summed E-state index contributed by atoms with van der Waals surface area (Å²) in [4.78, 5) is 14.6. The van der Waals surface area contributed by atoms with Gasteiger partial charge in [-0.3, -0.25) is 4.79 Å². The Morgan fingerprint density at radius 1 is 1.30 bits per heavy atom. The van der Waals surface area contributed by atoms with Gasteiger partial charge >= 0.3 is 0 Å². The zero-order valence-corrected chi connectivity index (χ0v) is 15.2. The van der Waals surface area contributed by atoms with Crippen LogP contribution in [0.25, 0.3) is 0 Å². The van der Waals surface area contributed by atoms with Crippen LogP contribution in [0.5, 0.6) is 0 Å². The molecule has 2 heterocycles. The standard InChI is InChI=1S/C18H25ClN2O.ClH/c1-2-21(12-13-4-3-5-15(19)8-13)18(22)11-14-9-16-6-7-17(10-14)20-16;/h3-5,8,14,16-17,20H,2,6-7,9-12H2,1H3;1H. The monoisotopic (exact) mass is 356 g/mol. The number of piperidine rings is 1. The molecule has 1 aromatic carbocycles. The summed E-state index contributed by atoms with van der Waals surface area (Å²) in [6, 6.07) is 9.10. The fourth-order valence-electron chi connectivity index (χ4n) is 3.95. The Bertz CT molecular complexity index is 526. The normalized spacial score (nSPS) is 25.7. The molecule has 1 N–H and O–H groups in total. The third kappa shape index (κ3) is 4.85. The summed E-state index contributed by atoms with van der Waals surface area (Å²) >= 11 is 6.04. The smallest absolute Gasteiger partial charge is 0.223 e. The van der Waals surface area contributed by atoms with Crippen LogP contribution in [-0.2, 0) is 11.3 Å². The molecule has 0 radical (unpaired) electrons. The minimum atomic E-state index is 0. The first kappa shape index (κ1) is 18.6. The molecule has 1 aromatic rings. The highest BCUT2D eigenvalue weighted by Crippen LogP contribution is 2.33. The minimum Gasteiger partial charge on any atom is -0.339 e. The Hall–Kier alpha value is -0.770. The zero-order valence-electron chi connectivity index (χ0n) is 13.6. The van der Waals surface area contributed by atoms with Crippen molar-refractivity contribution in [3.8, 4) is 0 Å². The number of carbonyl (C=O) groups is 1. The second-order valence-corrected chi connectivity index (χ2v) is 7.15. The topological polar surface area (TPSA) is 32.3 Å². The van der Waals surface area contributed by atoms with Crippen LogP contribution in [0.15, 0.2) is 24.3 Å². The van der Waals surface area contributed by atoms with E-state index in [1.807, 2.05) is 29.2 Å². The fourth-order valence-corrected chi connectivity index (χ4v) is 4.16. The van der Waals surface area contributed by atoms with Gasteiger partial charge in [0, 0.05) is 36.6 Å². The number of benzene rings is 1. The highest BCUT2D eigenvalue weighted by molar-refractivity contribution is 6.30. The van der Waals surface area contributed by atoms with Gasteiger partial charge in [0.1, 0.15) is 0 Å². The SMILES string of the molecule is CCN(Cc1cccc(Cl)c1)C(=O)CC1CC2CCC(C1)N2.Cl. The summed E-state index contributed by atoms with van der Waals surface area (Å²) in [5.74, 6) is 0.841. The molecular formula is C18H26Cl2N2O. The molecule has 0 aliphatic carbocycles. The van der Waals surface area contributed by atoms with Crippen LogP contribution >= 0.6 is 24.0 Å². The second-order valence-electron chi connectivity index (χ2n) is 6.72. The van der Waals surface area contributed by atoms with Crippen molar-refractivity contribution >= 4 is 29.9 Å². The summed E-state index contributed by atoms with van der Waals surface area (Å²) in [5, 5.41) is 4.38. The van der Waals surface area contributed by atoms with Gasteiger partial charge in [-0.1, -0.05) is 23.7 Å². The lowest BCUT2D eigenvalue weighted by Gasteiger charge is -2.30. The van der Waals surface area contributed by atoms with Gasteiger partial charge in [0.05, 0.1) is 0 Å². The van der Waals surface area contributed by atoms with Gasteiger partial charge in [0.15, 0.2) is 0 Å². The lowest BCUT2D eigenvalue weighted by molar-refractivity contribution is -0.132. The molecule has 1 amide bonds. The van der Waals surface area contributed by atoms with Gasteiger partial charge < -0.3 is 10.2 Å². The summed E-state index contributed by atoms with van der Waals surface area (Å²) < 4.78 is 0. The van der Waals surface area contributed by atoms with E-state index >= 15 is 0 Å². The molecule has 2 fully saturated rings. The van der Waals surface area contributed by atoms with E-state index in [2.05, 4.69) is 12.2 Å². The Balaban J connectivity index is 0.00000192. The number of halogens is 2. The average Bonchev–Trinajstić information content (AvgIpc) is 2.83. The fraction of sp³-hybridized carbons (Fsp3) is 0.611. The molecule has 2 bridgehead atoms. The third-order valence-electron chi connectivity index (χ3n) is 5.03. The van der Waals surface area contributed by atoms with Gasteiger partial charge in [0.25, 0.3) is 0 Å². The predicted molar refractivity (Wildman–Crippen MR) is 97.1 cm³/mol. The van der Waals surface area contributed by atoms with Crippen LogP contribution in [0.4, 0.5) is 0 Å². The molecule has 2 saturated heterocycles. The van der Waals surface area contributed by atoms with Crippen LogP contribution < -0.4 is 5.32 Å². The van der Waals surface area contributed by atoms with Gasteiger partial charge in [-0.2, -0.15) is 0 Å². The van der Waals surface area contributed by atoms with Crippen molar-refractivity contribution in [1.82, 2.24) is 10.2 Å². The molecule has 128 valence electrons. The number of hydrogen-bond donors (Lipinski definition) is 1. The van der Waals surface area contributed by atoms with Crippen molar-refractivity contribution in [3.05, 3.63) is 34.9 Å². The minimum absolute atomic E-state index is 0. The lowest BCUT2D eigenvalue weighted by atomic mass is 9.89. The first-order valence-electron chi connectivity index (χ1n) is 8.42. The highest BCUT2D eigenvalue weighted by Gasteiger charge is 2.34. The number of nitrogens with one attached hydrogen (secondary N) is 1. The molecule has 2 aliphatic rings. The molecule has 23 heavy (non-hydrogen) atoms. The first-order chi connectivity index (χ1) is 10.6. The Morgan fingerprint density at radius 2 is 2.00 bits per heavy atom. The molecule has 3 rings (SSSR count). The van der Waals surface area contributed by atoms with E-state index in [1.54, 1.807) is 0 Å². The molecule has 0 spiro atoms. The van der Waals surface area contributed by atoms with Crippen molar-refractivity contribution in [2.75, 3.05) is 6.54 Å². The molecular weight excluding hydrogens is 331 g/mol. The van der Waals surface area contributed by atoms with Crippen molar-refractivity contribution in [2.24, 2.45) is 5.92 Å². The number of rotatable bonds is 5. The maximum Gasteiger partial charge on any atom is 0.223 e. The number of hydrogen-bond acceptors (Lipinski definition) is 2. The van der Waals surface area contributed by atoms with Gasteiger partial charge in [-0.05, 0) is 56.2 Å². The summed E-state index contributed by atoms with van der Waals surface area (Å²) in [6.45, 7) is 3.46.